The maximum absolute atomic E-state index is 13.4. The predicted octanol–water partition coefficient (Wildman–Crippen LogP) is 7.47. The molecule has 0 saturated carbocycles. The van der Waals surface area contributed by atoms with Crippen molar-refractivity contribution in [3.05, 3.63) is 68.7 Å². The molecule has 9 nitrogen and oxygen atoms in total. The number of carbonyl (C=O) groups excluding carboxylic acids is 1. The molecule has 0 spiro atoms. The Bertz CT molecular complexity index is 1430. The molecule has 272 valence electrons. The van der Waals surface area contributed by atoms with Crippen LogP contribution >= 0.6 is 23.2 Å². The van der Waals surface area contributed by atoms with Crippen LogP contribution in [0.5, 0.6) is 0 Å². The molecule has 0 radical (unpaired) electrons. The number of hydrogen-bond acceptors (Lipinski definition) is 7. The SMILES string of the molecule is CCC(CCNCCC(/C(COCc1cc(C(F)(F)F)cc(C(F)(F)F)c1)=N/OC/C(N)=N/O)c1ccc(Cl)c(Cl)c1)CN1CCCC1=O. The topological polar surface area (TPSA) is 122 Å². The highest BCUT2D eigenvalue weighted by Gasteiger charge is 2.37. The molecule has 2 aromatic carbocycles. The van der Waals surface area contributed by atoms with Crippen molar-refractivity contribution in [1.29, 1.82) is 0 Å². The fourth-order valence-electron chi connectivity index (χ4n) is 5.34. The van der Waals surface area contributed by atoms with Crippen LogP contribution in [0.15, 0.2) is 46.7 Å². The quantitative estimate of drug-likeness (QED) is 0.0364. The van der Waals surface area contributed by atoms with Gasteiger partial charge in [0.15, 0.2) is 12.4 Å². The Hall–Kier alpha value is -3.27. The molecule has 0 aliphatic carbocycles. The van der Waals surface area contributed by atoms with E-state index >= 15 is 0 Å². The van der Waals surface area contributed by atoms with Crippen LogP contribution in [0.2, 0.25) is 10.0 Å². The summed E-state index contributed by atoms with van der Waals surface area (Å²) >= 11 is 12.4. The van der Waals surface area contributed by atoms with Crippen molar-refractivity contribution in [1.82, 2.24) is 10.2 Å². The summed E-state index contributed by atoms with van der Waals surface area (Å²) < 4.78 is 86.0. The molecule has 1 amide bonds. The van der Waals surface area contributed by atoms with Gasteiger partial charge in [-0.3, -0.25) is 4.79 Å². The van der Waals surface area contributed by atoms with Gasteiger partial charge >= 0.3 is 12.4 Å². The van der Waals surface area contributed by atoms with E-state index in [2.05, 4.69) is 22.6 Å². The predicted molar refractivity (Wildman–Crippen MR) is 174 cm³/mol. The van der Waals surface area contributed by atoms with Crippen molar-refractivity contribution in [3.8, 4) is 0 Å². The van der Waals surface area contributed by atoms with Crippen LogP contribution in [0.3, 0.4) is 0 Å². The van der Waals surface area contributed by atoms with Gasteiger partial charge in [-0.25, -0.2) is 0 Å². The van der Waals surface area contributed by atoms with Crippen LogP contribution in [0.25, 0.3) is 0 Å². The third-order valence-corrected chi connectivity index (χ3v) is 8.74. The molecular formula is C32H39Cl2F6N5O4. The summed E-state index contributed by atoms with van der Waals surface area (Å²) in [6, 6.07) is 6.09. The number of nitrogens with one attached hydrogen (secondary N) is 1. The van der Waals surface area contributed by atoms with E-state index in [9.17, 15) is 31.1 Å². The van der Waals surface area contributed by atoms with Crippen LogP contribution in [-0.4, -0.2) is 67.0 Å². The van der Waals surface area contributed by atoms with Crippen LogP contribution < -0.4 is 11.1 Å². The molecule has 17 heteroatoms. The van der Waals surface area contributed by atoms with E-state index in [1.54, 1.807) is 18.2 Å². The number of oxime groups is 2. The Kier molecular flexibility index (Phi) is 15.3. The highest BCUT2D eigenvalue weighted by molar-refractivity contribution is 6.42. The van der Waals surface area contributed by atoms with E-state index in [0.717, 1.165) is 25.8 Å². The molecule has 3 rings (SSSR count). The van der Waals surface area contributed by atoms with Gasteiger partial charge < -0.3 is 30.7 Å². The van der Waals surface area contributed by atoms with Gasteiger partial charge in [0.2, 0.25) is 5.91 Å². The maximum Gasteiger partial charge on any atom is 0.416 e. The largest absolute Gasteiger partial charge is 0.416 e. The number of halogens is 8. The third-order valence-electron chi connectivity index (χ3n) is 8.00. The van der Waals surface area contributed by atoms with Crippen molar-refractivity contribution in [2.45, 2.75) is 63.9 Å². The van der Waals surface area contributed by atoms with Crippen molar-refractivity contribution in [3.63, 3.8) is 0 Å². The molecule has 2 atom stereocenters. The minimum absolute atomic E-state index is 0.0410. The van der Waals surface area contributed by atoms with Gasteiger partial charge in [0.05, 0.1) is 40.1 Å². The molecule has 1 aliphatic rings. The summed E-state index contributed by atoms with van der Waals surface area (Å²) in [5, 5.41) is 19.7. The normalized spacial score (nSPS) is 15.9. The minimum Gasteiger partial charge on any atom is -0.409 e. The van der Waals surface area contributed by atoms with Gasteiger partial charge in [-0.05, 0) is 79.7 Å². The van der Waals surface area contributed by atoms with Crippen molar-refractivity contribution in [2.24, 2.45) is 22.0 Å². The second kappa shape index (κ2) is 18.6. The number of alkyl halides is 6. The second-order valence-electron chi connectivity index (χ2n) is 11.6. The molecule has 49 heavy (non-hydrogen) atoms. The maximum atomic E-state index is 13.4. The third kappa shape index (κ3) is 12.8. The molecule has 2 aromatic rings. The number of ether oxygens (including phenoxy) is 1. The number of likely N-dealkylation sites (tertiary alicyclic amines) is 1. The average molecular weight is 743 g/mol. The number of nitrogens with two attached hydrogens (primary N) is 1. The molecule has 0 aromatic heterocycles. The summed E-state index contributed by atoms with van der Waals surface area (Å²) in [6.45, 7) is 3.23. The molecule has 2 unspecified atom stereocenters. The first kappa shape index (κ1) is 40.2. The van der Waals surface area contributed by atoms with Crippen LogP contribution in [-0.2, 0) is 33.3 Å². The Labute approximate surface area is 290 Å². The fourth-order valence-corrected chi connectivity index (χ4v) is 5.65. The standard InChI is InChI=1S/C32H39Cl2F6N5O4/c1-2-20(16-45-11-3-4-30(45)46)7-9-42-10-8-25(22-5-6-26(33)27(34)14-22)28(44-49-19-29(41)43-47)18-48-17-21-12-23(31(35,36)37)15-24(13-21)32(38,39)40/h5-6,12-15,20,25,42,47H,2-4,7-11,16-19H2,1H3,(H2,41,43)/b44-28+. The lowest BCUT2D eigenvalue weighted by Crippen LogP contribution is -2.32. The summed E-state index contributed by atoms with van der Waals surface area (Å²) in [6.07, 6.45) is -6.47. The Balaban J connectivity index is 1.79. The number of carbonyl (C=O) groups is 1. The van der Waals surface area contributed by atoms with E-state index in [-0.39, 0.29) is 45.7 Å². The van der Waals surface area contributed by atoms with E-state index in [0.29, 0.717) is 56.1 Å². The lowest BCUT2D eigenvalue weighted by molar-refractivity contribution is -0.143. The Morgan fingerprint density at radius 2 is 1.69 bits per heavy atom. The number of amidine groups is 1. The molecule has 4 N–H and O–H groups in total. The van der Waals surface area contributed by atoms with Gasteiger partial charge in [-0.15, -0.1) is 0 Å². The molecule has 1 heterocycles. The van der Waals surface area contributed by atoms with Crippen LogP contribution in [0.4, 0.5) is 26.3 Å². The van der Waals surface area contributed by atoms with Crippen LogP contribution in [0, 0.1) is 5.92 Å². The van der Waals surface area contributed by atoms with Gasteiger partial charge in [0.1, 0.15) is 0 Å². The molecule has 1 aliphatic heterocycles. The van der Waals surface area contributed by atoms with Crippen molar-refractivity contribution in [2.75, 3.05) is 39.4 Å². The number of nitrogens with zero attached hydrogens (tertiary/aromatic N) is 3. The smallest absolute Gasteiger partial charge is 0.409 e. The highest BCUT2D eigenvalue weighted by Crippen LogP contribution is 2.36. The number of benzene rings is 2. The van der Waals surface area contributed by atoms with E-state index in [4.69, 9.17) is 43.7 Å². The second-order valence-corrected chi connectivity index (χ2v) is 12.4. The van der Waals surface area contributed by atoms with Gasteiger partial charge in [0.25, 0.3) is 0 Å². The highest BCUT2D eigenvalue weighted by atomic mass is 35.5. The molecule has 1 saturated heterocycles. The molecule has 1 fully saturated rings. The summed E-state index contributed by atoms with van der Waals surface area (Å²) in [7, 11) is 0. The lowest BCUT2D eigenvalue weighted by Gasteiger charge is -2.23. The first-order valence-electron chi connectivity index (χ1n) is 15.6. The summed E-state index contributed by atoms with van der Waals surface area (Å²) in [5.74, 6) is -0.396. The zero-order chi connectivity index (χ0) is 36.2. The fraction of sp³-hybridized carbons (Fsp3) is 0.531. The van der Waals surface area contributed by atoms with Gasteiger partial charge in [-0.1, -0.05) is 52.9 Å². The zero-order valence-corrected chi connectivity index (χ0v) is 28.2. The minimum atomic E-state index is -5.01. The van der Waals surface area contributed by atoms with Gasteiger partial charge in [0, 0.05) is 25.4 Å². The van der Waals surface area contributed by atoms with E-state index < -0.39 is 42.6 Å². The number of amides is 1. The molecular weight excluding hydrogens is 703 g/mol. The lowest BCUT2D eigenvalue weighted by atomic mass is 9.91. The van der Waals surface area contributed by atoms with Crippen molar-refractivity contribution >= 4 is 40.7 Å². The molecule has 0 bridgehead atoms. The number of rotatable bonds is 18. The zero-order valence-electron chi connectivity index (χ0n) is 26.7. The van der Waals surface area contributed by atoms with Gasteiger partial charge in [-0.2, -0.15) is 26.3 Å². The Morgan fingerprint density at radius 3 is 2.27 bits per heavy atom. The van der Waals surface area contributed by atoms with Crippen LogP contribution in [0.1, 0.15) is 67.2 Å². The van der Waals surface area contributed by atoms with Crippen molar-refractivity contribution < 1.29 is 45.9 Å². The Morgan fingerprint density at radius 1 is 1.02 bits per heavy atom. The monoisotopic (exact) mass is 741 g/mol. The summed E-state index contributed by atoms with van der Waals surface area (Å²) in [5.41, 5.74) is 3.04. The number of hydrogen-bond donors (Lipinski definition) is 3. The first-order chi connectivity index (χ1) is 23.1. The van der Waals surface area contributed by atoms with E-state index in [1.165, 1.54) is 0 Å². The van der Waals surface area contributed by atoms with E-state index in [1.807, 2.05) is 4.90 Å². The summed E-state index contributed by atoms with van der Waals surface area (Å²) in [4.78, 5) is 19.2. The first-order valence-corrected chi connectivity index (χ1v) is 16.3. The average Bonchev–Trinajstić information content (AvgIpc) is 3.45.